The molecule has 7 heteroatoms. The number of aromatic nitrogens is 2. The van der Waals surface area contributed by atoms with Crippen molar-refractivity contribution in [2.75, 3.05) is 13.1 Å². The van der Waals surface area contributed by atoms with Crippen molar-refractivity contribution in [3.05, 3.63) is 71.9 Å². The van der Waals surface area contributed by atoms with Gasteiger partial charge in [0, 0.05) is 18.7 Å². The van der Waals surface area contributed by atoms with Crippen molar-refractivity contribution < 1.29 is 13.7 Å². The molecule has 1 aliphatic rings. The van der Waals surface area contributed by atoms with Gasteiger partial charge in [0.2, 0.25) is 17.6 Å². The number of nitrogens with one attached hydrogen (secondary N) is 1. The van der Waals surface area contributed by atoms with E-state index in [4.69, 9.17) is 4.52 Å². The molecule has 1 unspecified atom stereocenters. The first kappa shape index (κ1) is 19.3. The number of benzene rings is 2. The predicted octanol–water partition coefficient (Wildman–Crippen LogP) is 3.40. The molecule has 0 aliphatic carbocycles. The lowest BCUT2D eigenvalue weighted by Crippen LogP contribution is -2.42. The molecule has 0 radical (unpaired) electrons. The molecule has 4 rings (SSSR count). The van der Waals surface area contributed by atoms with E-state index < -0.39 is 0 Å². The maximum atomic E-state index is 13.0. The largest absolute Gasteiger partial charge is 0.352 e. The van der Waals surface area contributed by atoms with Crippen molar-refractivity contribution in [1.29, 1.82) is 0 Å². The highest BCUT2D eigenvalue weighted by Crippen LogP contribution is 2.20. The fourth-order valence-corrected chi connectivity index (χ4v) is 3.56. The van der Waals surface area contributed by atoms with Crippen LogP contribution in [0.2, 0.25) is 0 Å². The predicted molar refractivity (Wildman–Crippen MR) is 106 cm³/mol. The van der Waals surface area contributed by atoms with Crippen LogP contribution in [0, 0.1) is 11.7 Å². The standard InChI is InChI=1S/C22H23FN4O2/c23-19-10-8-16(9-11-19)13-24-22(28)18-7-4-12-27(14-18)15-20-25-21(26-29-20)17-5-2-1-3-6-17/h1-3,5-6,8-11,18H,4,7,12-15H2,(H,24,28). The molecule has 0 spiro atoms. The van der Waals surface area contributed by atoms with Crippen LogP contribution in [0.5, 0.6) is 0 Å². The molecule has 1 aromatic heterocycles. The van der Waals surface area contributed by atoms with Crippen molar-refractivity contribution in [3.63, 3.8) is 0 Å². The Morgan fingerprint density at radius 3 is 2.76 bits per heavy atom. The lowest BCUT2D eigenvalue weighted by Gasteiger charge is -2.30. The molecule has 150 valence electrons. The topological polar surface area (TPSA) is 71.3 Å². The molecule has 6 nitrogen and oxygen atoms in total. The summed E-state index contributed by atoms with van der Waals surface area (Å²) < 4.78 is 18.4. The minimum Gasteiger partial charge on any atom is -0.352 e. The van der Waals surface area contributed by atoms with Crippen LogP contribution in [0.3, 0.4) is 0 Å². The summed E-state index contributed by atoms with van der Waals surface area (Å²) >= 11 is 0. The number of nitrogens with zero attached hydrogens (tertiary/aromatic N) is 3. The molecular formula is C22H23FN4O2. The second-order valence-corrected chi connectivity index (χ2v) is 7.30. The summed E-state index contributed by atoms with van der Waals surface area (Å²) in [7, 11) is 0. The average molecular weight is 394 g/mol. The van der Waals surface area contributed by atoms with E-state index in [1.807, 2.05) is 30.3 Å². The van der Waals surface area contributed by atoms with E-state index in [0.29, 0.717) is 31.3 Å². The Hall–Kier alpha value is -3.06. The van der Waals surface area contributed by atoms with Crippen molar-refractivity contribution in [3.8, 4) is 11.4 Å². The van der Waals surface area contributed by atoms with Crippen LogP contribution in [0.15, 0.2) is 59.1 Å². The van der Waals surface area contributed by atoms with Gasteiger partial charge in [-0.2, -0.15) is 4.98 Å². The molecule has 1 N–H and O–H groups in total. The third kappa shape index (κ3) is 5.06. The maximum absolute atomic E-state index is 13.0. The Bertz CT molecular complexity index is 943. The SMILES string of the molecule is O=C(NCc1ccc(F)cc1)C1CCCN(Cc2nc(-c3ccccc3)no2)C1. The summed E-state index contributed by atoms with van der Waals surface area (Å²) in [6.45, 7) is 2.48. The molecule has 0 bridgehead atoms. The van der Waals surface area contributed by atoms with Gasteiger partial charge >= 0.3 is 0 Å². The van der Waals surface area contributed by atoms with E-state index >= 15 is 0 Å². The summed E-state index contributed by atoms with van der Waals surface area (Å²) in [4.78, 5) is 19.2. The Kier molecular flexibility index (Phi) is 5.95. The van der Waals surface area contributed by atoms with E-state index in [1.165, 1.54) is 12.1 Å². The zero-order valence-electron chi connectivity index (χ0n) is 16.1. The molecule has 0 saturated carbocycles. The van der Waals surface area contributed by atoms with E-state index in [2.05, 4.69) is 20.4 Å². The van der Waals surface area contributed by atoms with Gasteiger partial charge in [0.1, 0.15) is 5.82 Å². The van der Waals surface area contributed by atoms with Gasteiger partial charge in [0.05, 0.1) is 12.5 Å². The first-order valence-corrected chi connectivity index (χ1v) is 9.80. The molecule has 1 aliphatic heterocycles. The van der Waals surface area contributed by atoms with Crippen LogP contribution in [0.4, 0.5) is 4.39 Å². The molecule has 1 amide bonds. The number of hydrogen-bond acceptors (Lipinski definition) is 5. The Balaban J connectivity index is 1.30. The van der Waals surface area contributed by atoms with Crippen molar-refractivity contribution in [2.45, 2.75) is 25.9 Å². The Morgan fingerprint density at radius 1 is 1.17 bits per heavy atom. The zero-order valence-corrected chi connectivity index (χ0v) is 16.1. The number of piperidine rings is 1. The summed E-state index contributed by atoms with van der Waals surface area (Å²) in [5.41, 5.74) is 1.80. The second kappa shape index (κ2) is 8.96. The van der Waals surface area contributed by atoms with Gasteiger partial charge in [-0.25, -0.2) is 4.39 Å². The van der Waals surface area contributed by atoms with Crippen molar-refractivity contribution >= 4 is 5.91 Å². The Labute approximate surface area is 168 Å². The van der Waals surface area contributed by atoms with Gasteiger partial charge in [-0.1, -0.05) is 47.6 Å². The van der Waals surface area contributed by atoms with Crippen LogP contribution in [-0.2, 0) is 17.9 Å². The zero-order chi connectivity index (χ0) is 20.1. The molecule has 2 aromatic carbocycles. The normalized spacial score (nSPS) is 17.2. The number of likely N-dealkylation sites (tertiary alicyclic amines) is 1. The second-order valence-electron chi connectivity index (χ2n) is 7.30. The average Bonchev–Trinajstić information content (AvgIpc) is 3.22. The molecule has 1 fully saturated rings. The van der Waals surface area contributed by atoms with Crippen LogP contribution >= 0.6 is 0 Å². The summed E-state index contributed by atoms with van der Waals surface area (Å²) in [5, 5.41) is 7.02. The molecule has 1 atom stereocenters. The van der Waals surface area contributed by atoms with Crippen LogP contribution in [0.25, 0.3) is 11.4 Å². The van der Waals surface area contributed by atoms with Crippen LogP contribution < -0.4 is 5.32 Å². The lowest BCUT2D eigenvalue weighted by molar-refractivity contribution is -0.127. The summed E-state index contributed by atoms with van der Waals surface area (Å²) in [5.74, 6) is 0.789. The lowest BCUT2D eigenvalue weighted by atomic mass is 9.97. The van der Waals surface area contributed by atoms with Crippen molar-refractivity contribution in [2.24, 2.45) is 5.92 Å². The number of amides is 1. The Morgan fingerprint density at radius 2 is 1.97 bits per heavy atom. The quantitative estimate of drug-likeness (QED) is 0.694. The fourth-order valence-electron chi connectivity index (χ4n) is 3.56. The summed E-state index contributed by atoms with van der Waals surface area (Å²) in [6, 6.07) is 15.9. The van der Waals surface area contributed by atoms with Crippen molar-refractivity contribution in [1.82, 2.24) is 20.4 Å². The van der Waals surface area contributed by atoms with E-state index in [9.17, 15) is 9.18 Å². The van der Waals surface area contributed by atoms with E-state index in [0.717, 1.165) is 30.5 Å². The third-order valence-electron chi connectivity index (χ3n) is 5.12. The van der Waals surface area contributed by atoms with Crippen LogP contribution in [-0.4, -0.2) is 34.0 Å². The van der Waals surface area contributed by atoms with Gasteiger partial charge in [-0.15, -0.1) is 0 Å². The number of carbonyl (C=O) groups excluding carboxylic acids is 1. The third-order valence-corrected chi connectivity index (χ3v) is 5.12. The molecular weight excluding hydrogens is 371 g/mol. The van der Waals surface area contributed by atoms with Gasteiger partial charge in [0.15, 0.2) is 0 Å². The number of rotatable bonds is 6. The minimum absolute atomic E-state index is 0.0227. The molecule has 3 aromatic rings. The highest BCUT2D eigenvalue weighted by molar-refractivity contribution is 5.78. The monoisotopic (exact) mass is 394 g/mol. The first-order valence-electron chi connectivity index (χ1n) is 9.80. The number of carbonyl (C=O) groups is 1. The fraction of sp³-hybridized carbons (Fsp3) is 0.318. The van der Waals surface area contributed by atoms with Crippen LogP contribution in [0.1, 0.15) is 24.3 Å². The van der Waals surface area contributed by atoms with E-state index in [1.54, 1.807) is 12.1 Å². The molecule has 29 heavy (non-hydrogen) atoms. The van der Waals surface area contributed by atoms with Gasteiger partial charge in [0.25, 0.3) is 0 Å². The maximum Gasteiger partial charge on any atom is 0.241 e. The minimum atomic E-state index is -0.278. The first-order chi connectivity index (χ1) is 14.2. The number of hydrogen-bond donors (Lipinski definition) is 1. The van der Waals surface area contributed by atoms with Gasteiger partial charge in [-0.3, -0.25) is 9.69 Å². The molecule has 2 heterocycles. The highest BCUT2D eigenvalue weighted by Gasteiger charge is 2.26. The summed E-state index contributed by atoms with van der Waals surface area (Å²) in [6.07, 6.45) is 1.79. The smallest absolute Gasteiger partial charge is 0.241 e. The number of halogens is 1. The molecule has 1 saturated heterocycles. The van der Waals surface area contributed by atoms with Gasteiger partial charge < -0.3 is 9.84 Å². The highest BCUT2D eigenvalue weighted by atomic mass is 19.1. The van der Waals surface area contributed by atoms with Gasteiger partial charge in [-0.05, 0) is 37.1 Å². The van der Waals surface area contributed by atoms with E-state index in [-0.39, 0.29) is 17.6 Å².